The predicted molar refractivity (Wildman–Crippen MR) is 97.8 cm³/mol. The van der Waals surface area contributed by atoms with Crippen molar-refractivity contribution in [2.45, 2.75) is 58.0 Å². The largest absolute Gasteiger partial charge is 0.480 e. The van der Waals surface area contributed by atoms with Gasteiger partial charge in [-0.05, 0) is 44.1 Å². The van der Waals surface area contributed by atoms with Crippen molar-refractivity contribution in [3.8, 4) is 0 Å². The SMILES string of the molecule is Cc1c(C(=O)NC(C(=O)O)C2CC2)sc2nc3n(c(=O)c12)CCCCC3. The average Bonchev–Trinajstić information content (AvgIpc) is 3.39. The molecule has 2 N–H and O–H groups in total. The van der Waals surface area contributed by atoms with Crippen molar-refractivity contribution in [1.82, 2.24) is 14.9 Å². The van der Waals surface area contributed by atoms with Crippen molar-refractivity contribution in [3.63, 3.8) is 0 Å². The number of rotatable bonds is 4. The molecule has 1 amide bonds. The molecule has 1 fully saturated rings. The summed E-state index contributed by atoms with van der Waals surface area (Å²) in [6.45, 7) is 2.41. The molecule has 1 saturated carbocycles. The van der Waals surface area contributed by atoms with Crippen molar-refractivity contribution in [2.75, 3.05) is 0 Å². The van der Waals surface area contributed by atoms with E-state index in [9.17, 15) is 19.5 Å². The van der Waals surface area contributed by atoms with Crippen LogP contribution in [-0.2, 0) is 17.8 Å². The Morgan fingerprint density at radius 3 is 2.77 bits per heavy atom. The van der Waals surface area contributed by atoms with Crippen molar-refractivity contribution in [1.29, 1.82) is 0 Å². The number of aliphatic carboxylic acids is 1. The number of carbonyl (C=O) groups excluding carboxylic acids is 1. The summed E-state index contributed by atoms with van der Waals surface area (Å²) in [7, 11) is 0. The van der Waals surface area contributed by atoms with Crippen LogP contribution in [-0.4, -0.2) is 32.6 Å². The summed E-state index contributed by atoms with van der Waals surface area (Å²) < 4.78 is 1.74. The van der Waals surface area contributed by atoms with Gasteiger partial charge in [0.25, 0.3) is 11.5 Å². The minimum Gasteiger partial charge on any atom is -0.480 e. The number of carboxylic acid groups (broad SMARTS) is 1. The molecule has 1 unspecified atom stereocenters. The number of nitrogens with zero attached hydrogens (tertiary/aromatic N) is 2. The van der Waals surface area contributed by atoms with Crippen molar-refractivity contribution < 1.29 is 14.7 Å². The van der Waals surface area contributed by atoms with E-state index < -0.39 is 17.9 Å². The summed E-state index contributed by atoms with van der Waals surface area (Å²) >= 11 is 1.18. The second kappa shape index (κ2) is 6.50. The number of amides is 1. The minimum atomic E-state index is -1.01. The number of carboxylic acids is 1. The Morgan fingerprint density at radius 2 is 2.08 bits per heavy atom. The lowest BCUT2D eigenvalue weighted by Crippen LogP contribution is -2.42. The lowest BCUT2D eigenvalue weighted by molar-refractivity contribution is -0.139. The van der Waals surface area contributed by atoms with E-state index >= 15 is 0 Å². The summed E-state index contributed by atoms with van der Waals surface area (Å²) in [5, 5.41) is 12.4. The van der Waals surface area contributed by atoms with Crippen molar-refractivity contribution in [2.24, 2.45) is 5.92 Å². The van der Waals surface area contributed by atoms with Gasteiger partial charge in [-0.15, -0.1) is 11.3 Å². The number of thiophene rings is 1. The molecule has 0 aromatic carbocycles. The summed E-state index contributed by atoms with van der Waals surface area (Å²) in [6, 6.07) is -0.863. The van der Waals surface area contributed by atoms with Gasteiger partial charge in [0.15, 0.2) is 0 Å². The first-order valence-electron chi connectivity index (χ1n) is 9.04. The monoisotopic (exact) mass is 375 g/mol. The van der Waals surface area contributed by atoms with Gasteiger partial charge in [-0.1, -0.05) is 6.42 Å². The summed E-state index contributed by atoms with van der Waals surface area (Å²) in [4.78, 5) is 42.6. The van der Waals surface area contributed by atoms with Gasteiger partial charge >= 0.3 is 5.97 Å². The van der Waals surface area contributed by atoms with E-state index in [1.54, 1.807) is 11.5 Å². The van der Waals surface area contributed by atoms with E-state index in [0.717, 1.165) is 44.3 Å². The van der Waals surface area contributed by atoms with E-state index in [0.29, 0.717) is 27.2 Å². The van der Waals surface area contributed by atoms with Crippen LogP contribution < -0.4 is 10.9 Å². The van der Waals surface area contributed by atoms with Crippen LogP contribution in [0.5, 0.6) is 0 Å². The molecular weight excluding hydrogens is 354 g/mol. The van der Waals surface area contributed by atoms with Crippen LogP contribution >= 0.6 is 11.3 Å². The van der Waals surface area contributed by atoms with E-state index in [-0.39, 0.29) is 11.5 Å². The number of nitrogens with one attached hydrogen (secondary N) is 1. The molecule has 1 atom stereocenters. The smallest absolute Gasteiger partial charge is 0.326 e. The highest BCUT2D eigenvalue weighted by atomic mass is 32.1. The number of hydrogen-bond donors (Lipinski definition) is 2. The summed E-state index contributed by atoms with van der Waals surface area (Å²) in [5.41, 5.74) is 0.510. The molecule has 0 spiro atoms. The van der Waals surface area contributed by atoms with Gasteiger partial charge in [-0.25, -0.2) is 9.78 Å². The van der Waals surface area contributed by atoms with Crippen LogP contribution in [0.1, 0.15) is 53.2 Å². The maximum absolute atomic E-state index is 12.9. The zero-order valence-electron chi connectivity index (χ0n) is 14.6. The highest BCUT2D eigenvalue weighted by Crippen LogP contribution is 2.34. The van der Waals surface area contributed by atoms with Crippen LogP contribution in [0.25, 0.3) is 10.2 Å². The molecule has 26 heavy (non-hydrogen) atoms. The molecule has 4 rings (SSSR count). The third-order valence-electron chi connectivity index (χ3n) is 5.26. The van der Waals surface area contributed by atoms with Gasteiger partial charge < -0.3 is 10.4 Å². The topological polar surface area (TPSA) is 101 Å². The molecule has 1 aliphatic heterocycles. The Kier molecular flexibility index (Phi) is 4.30. The number of aromatic nitrogens is 2. The van der Waals surface area contributed by atoms with Gasteiger partial charge in [-0.3, -0.25) is 14.2 Å². The van der Waals surface area contributed by atoms with Crippen LogP contribution in [0, 0.1) is 12.8 Å². The molecule has 0 radical (unpaired) electrons. The fraction of sp³-hybridized carbons (Fsp3) is 0.556. The first-order chi connectivity index (χ1) is 12.5. The normalized spacial score (nSPS) is 18.2. The Balaban J connectivity index is 1.73. The first-order valence-corrected chi connectivity index (χ1v) is 9.85. The van der Waals surface area contributed by atoms with Crippen LogP contribution in [0.15, 0.2) is 4.79 Å². The molecule has 1 aliphatic carbocycles. The van der Waals surface area contributed by atoms with Crippen molar-refractivity contribution in [3.05, 3.63) is 26.6 Å². The Hall–Kier alpha value is -2.22. The molecule has 138 valence electrons. The van der Waals surface area contributed by atoms with Gasteiger partial charge in [0.1, 0.15) is 16.7 Å². The molecule has 0 saturated heterocycles. The van der Waals surface area contributed by atoms with Crippen molar-refractivity contribution >= 4 is 33.4 Å². The number of carbonyl (C=O) groups is 2. The molecule has 2 aromatic rings. The Labute approximate surface area is 154 Å². The van der Waals surface area contributed by atoms with E-state index in [1.807, 2.05) is 0 Å². The van der Waals surface area contributed by atoms with Crippen LogP contribution in [0.4, 0.5) is 0 Å². The highest BCUT2D eigenvalue weighted by Gasteiger charge is 2.38. The van der Waals surface area contributed by atoms with Crippen LogP contribution in [0.2, 0.25) is 0 Å². The third kappa shape index (κ3) is 2.92. The average molecular weight is 375 g/mol. The number of hydrogen-bond acceptors (Lipinski definition) is 5. The van der Waals surface area contributed by atoms with Gasteiger partial charge in [-0.2, -0.15) is 0 Å². The fourth-order valence-electron chi connectivity index (χ4n) is 3.64. The number of fused-ring (bicyclic) bond motifs is 2. The Morgan fingerprint density at radius 1 is 1.31 bits per heavy atom. The minimum absolute atomic E-state index is 0.00551. The second-order valence-corrected chi connectivity index (χ2v) is 8.16. The quantitative estimate of drug-likeness (QED) is 0.852. The first kappa shape index (κ1) is 17.2. The number of aryl methyl sites for hydroxylation is 2. The molecule has 7 nitrogen and oxygen atoms in total. The summed E-state index contributed by atoms with van der Waals surface area (Å²) in [5.74, 6) is -0.644. The van der Waals surface area contributed by atoms with E-state index in [2.05, 4.69) is 10.3 Å². The third-order valence-corrected chi connectivity index (χ3v) is 6.45. The second-order valence-electron chi connectivity index (χ2n) is 7.16. The molecule has 3 heterocycles. The van der Waals surface area contributed by atoms with E-state index in [4.69, 9.17) is 0 Å². The lowest BCUT2D eigenvalue weighted by atomic mass is 10.1. The predicted octanol–water partition coefficient (Wildman–Crippen LogP) is 2.09. The zero-order chi connectivity index (χ0) is 18.4. The van der Waals surface area contributed by atoms with Gasteiger partial charge in [0.2, 0.25) is 0 Å². The van der Waals surface area contributed by atoms with Gasteiger partial charge in [0.05, 0.1) is 10.3 Å². The summed E-state index contributed by atoms with van der Waals surface area (Å²) in [6.07, 6.45) is 5.46. The van der Waals surface area contributed by atoms with Crippen LogP contribution in [0.3, 0.4) is 0 Å². The zero-order valence-corrected chi connectivity index (χ0v) is 15.4. The van der Waals surface area contributed by atoms with E-state index in [1.165, 1.54) is 11.3 Å². The Bertz CT molecular complexity index is 957. The molecule has 2 aliphatic rings. The maximum Gasteiger partial charge on any atom is 0.326 e. The molecular formula is C18H21N3O4S. The van der Waals surface area contributed by atoms with Gasteiger partial charge in [0, 0.05) is 13.0 Å². The standard InChI is InChI=1S/C18H21N3O4S/c1-9-12-16(19-11-5-3-2-4-8-21(11)17(12)23)26-14(9)15(22)20-13(18(24)25)10-6-7-10/h10,13H,2-8H2,1H3,(H,20,22)(H,24,25). The highest BCUT2D eigenvalue weighted by molar-refractivity contribution is 7.20. The molecule has 2 aromatic heterocycles. The lowest BCUT2D eigenvalue weighted by Gasteiger charge is -2.13. The fourth-order valence-corrected chi connectivity index (χ4v) is 4.74. The molecule has 0 bridgehead atoms. The molecule has 8 heteroatoms. The maximum atomic E-state index is 12.9.